The summed E-state index contributed by atoms with van der Waals surface area (Å²) in [5.74, 6) is -2.65. The Balaban J connectivity index is 1.27. The van der Waals surface area contributed by atoms with E-state index >= 15 is 0 Å². The van der Waals surface area contributed by atoms with Gasteiger partial charge in [0.25, 0.3) is 17.7 Å². The van der Waals surface area contributed by atoms with Gasteiger partial charge in [-0.05, 0) is 72.7 Å². The number of amides is 4. The zero-order valence-electron chi connectivity index (χ0n) is 27.3. The standard InChI is InChI=1S/C38H31ClN4O6S2/c1-23-32(38(48)49-2)37(51-33(23)36(47)40-26-15-7-4-8-16-26)43-31(44)22-50-28-18-11-17-27(21-28)41-35(46)30(20-25-14-9-10-19-29(25)39)42-34(45)24-12-5-3-6-13-24/h3-21H,22H2,1-2H3,(H,40,47)(H,41,46)(H,42,45)(H,43,44)/b30-20+. The van der Waals surface area contributed by atoms with Crippen molar-refractivity contribution in [2.24, 2.45) is 0 Å². The molecule has 0 unspecified atom stereocenters. The average molecular weight is 739 g/mol. The lowest BCUT2D eigenvalue weighted by molar-refractivity contribution is -0.114. The van der Waals surface area contributed by atoms with Crippen LogP contribution in [0.3, 0.4) is 0 Å². The third-order valence-corrected chi connectivity index (χ3v) is 9.77. The van der Waals surface area contributed by atoms with E-state index < -0.39 is 29.6 Å². The topological polar surface area (TPSA) is 143 Å². The van der Waals surface area contributed by atoms with Gasteiger partial charge in [0.1, 0.15) is 10.7 Å². The number of thiophene rings is 1. The van der Waals surface area contributed by atoms with E-state index in [9.17, 15) is 24.0 Å². The molecule has 4 aromatic carbocycles. The molecule has 0 radical (unpaired) electrons. The highest BCUT2D eigenvalue weighted by atomic mass is 35.5. The quantitative estimate of drug-likeness (QED) is 0.0579. The second-order valence-corrected chi connectivity index (χ2v) is 13.3. The van der Waals surface area contributed by atoms with Gasteiger partial charge >= 0.3 is 5.97 Å². The van der Waals surface area contributed by atoms with Crippen LogP contribution in [0.2, 0.25) is 5.02 Å². The van der Waals surface area contributed by atoms with Gasteiger partial charge in [-0.3, -0.25) is 19.2 Å². The van der Waals surface area contributed by atoms with Crippen molar-refractivity contribution in [2.45, 2.75) is 11.8 Å². The lowest BCUT2D eigenvalue weighted by Crippen LogP contribution is -2.30. The van der Waals surface area contributed by atoms with Gasteiger partial charge in [0.2, 0.25) is 5.91 Å². The summed E-state index contributed by atoms with van der Waals surface area (Å²) in [6.45, 7) is 1.62. The second kappa shape index (κ2) is 17.3. The van der Waals surface area contributed by atoms with E-state index in [0.717, 1.165) is 11.3 Å². The van der Waals surface area contributed by atoms with E-state index in [1.165, 1.54) is 24.9 Å². The van der Waals surface area contributed by atoms with Crippen molar-refractivity contribution in [1.82, 2.24) is 5.32 Å². The summed E-state index contributed by atoms with van der Waals surface area (Å²) in [4.78, 5) is 66.2. The molecule has 4 amide bonds. The van der Waals surface area contributed by atoms with Crippen LogP contribution >= 0.6 is 34.7 Å². The summed E-state index contributed by atoms with van der Waals surface area (Å²) in [6.07, 6.45) is 1.49. The summed E-state index contributed by atoms with van der Waals surface area (Å²) in [5, 5.41) is 11.6. The Labute approximate surface area is 307 Å². The number of hydrogen-bond acceptors (Lipinski definition) is 8. The number of hydrogen-bond donors (Lipinski definition) is 4. The molecule has 1 aromatic heterocycles. The first-order valence-electron chi connectivity index (χ1n) is 15.4. The molecule has 0 saturated carbocycles. The third kappa shape index (κ3) is 9.73. The molecule has 4 N–H and O–H groups in total. The number of nitrogens with one attached hydrogen (secondary N) is 4. The first-order valence-corrected chi connectivity index (χ1v) is 17.6. The molecule has 0 fully saturated rings. The third-order valence-electron chi connectivity index (χ3n) is 7.22. The first-order chi connectivity index (χ1) is 24.6. The molecule has 0 aliphatic rings. The van der Waals surface area contributed by atoms with Crippen molar-refractivity contribution in [3.05, 3.63) is 147 Å². The molecule has 0 saturated heterocycles. The van der Waals surface area contributed by atoms with Crippen molar-refractivity contribution >= 4 is 86.7 Å². The van der Waals surface area contributed by atoms with Crippen LogP contribution in [-0.2, 0) is 14.3 Å². The average Bonchev–Trinajstić information content (AvgIpc) is 3.46. The molecule has 51 heavy (non-hydrogen) atoms. The first kappa shape index (κ1) is 36.6. The fraction of sp³-hybridized carbons (Fsp3) is 0.0789. The zero-order valence-corrected chi connectivity index (χ0v) is 29.7. The fourth-order valence-electron chi connectivity index (χ4n) is 4.74. The van der Waals surface area contributed by atoms with Gasteiger partial charge in [0.05, 0.1) is 23.3 Å². The van der Waals surface area contributed by atoms with Crippen LogP contribution in [0.5, 0.6) is 0 Å². The van der Waals surface area contributed by atoms with Crippen LogP contribution in [-0.4, -0.2) is 42.5 Å². The van der Waals surface area contributed by atoms with Crippen molar-refractivity contribution in [1.29, 1.82) is 0 Å². The van der Waals surface area contributed by atoms with Crippen LogP contribution in [0.25, 0.3) is 6.08 Å². The Morgan fingerprint density at radius 1 is 0.784 bits per heavy atom. The summed E-state index contributed by atoms with van der Waals surface area (Å²) in [5.41, 5.74) is 2.36. The molecule has 0 aliphatic heterocycles. The number of carbonyl (C=O) groups excluding carboxylic acids is 5. The van der Waals surface area contributed by atoms with Crippen LogP contribution in [0.1, 0.15) is 41.5 Å². The minimum Gasteiger partial charge on any atom is -0.465 e. The molecule has 0 bridgehead atoms. The molecular weight excluding hydrogens is 708 g/mol. The Hall–Kier alpha value is -5.69. The van der Waals surface area contributed by atoms with Crippen LogP contribution in [0, 0.1) is 6.92 Å². The van der Waals surface area contributed by atoms with E-state index in [1.54, 1.807) is 110 Å². The molecule has 13 heteroatoms. The predicted molar refractivity (Wildman–Crippen MR) is 203 cm³/mol. The molecule has 0 spiro atoms. The number of carbonyl (C=O) groups is 5. The molecule has 258 valence electrons. The summed E-state index contributed by atoms with van der Waals surface area (Å²) in [6, 6.07) is 31.1. The van der Waals surface area contributed by atoms with E-state index in [0.29, 0.717) is 38.0 Å². The number of halogens is 1. The Morgan fingerprint density at radius 2 is 1.45 bits per heavy atom. The maximum Gasteiger partial charge on any atom is 0.341 e. The van der Waals surface area contributed by atoms with E-state index in [4.69, 9.17) is 16.3 Å². The van der Waals surface area contributed by atoms with E-state index in [-0.39, 0.29) is 26.9 Å². The second-order valence-electron chi connectivity index (χ2n) is 10.8. The highest BCUT2D eigenvalue weighted by Gasteiger charge is 2.26. The molecule has 10 nitrogen and oxygen atoms in total. The Morgan fingerprint density at radius 3 is 2.16 bits per heavy atom. The number of rotatable bonds is 12. The van der Waals surface area contributed by atoms with E-state index in [2.05, 4.69) is 21.3 Å². The van der Waals surface area contributed by atoms with Gasteiger partial charge in [-0.2, -0.15) is 0 Å². The van der Waals surface area contributed by atoms with Gasteiger partial charge in [-0.15, -0.1) is 23.1 Å². The summed E-state index contributed by atoms with van der Waals surface area (Å²) < 4.78 is 4.94. The summed E-state index contributed by atoms with van der Waals surface area (Å²) >= 11 is 8.51. The maximum absolute atomic E-state index is 13.5. The minimum absolute atomic E-state index is 0.0288. The molecule has 5 rings (SSSR count). The van der Waals surface area contributed by atoms with Crippen molar-refractivity contribution in [3.8, 4) is 0 Å². The van der Waals surface area contributed by atoms with Gasteiger partial charge in [-0.1, -0.05) is 72.3 Å². The lowest BCUT2D eigenvalue weighted by atomic mass is 10.1. The number of anilines is 3. The molecule has 0 aliphatic carbocycles. The largest absolute Gasteiger partial charge is 0.465 e. The number of methoxy groups -OCH3 is 1. The highest BCUT2D eigenvalue weighted by Crippen LogP contribution is 2.35. The molecular formula is C38H31ClN4O6S2. The fourth-order valence-corrected chi connectivity index (χ4v) is 6.79. The van der Waals surface area contributed by atoms with Crippen LogP contribution < -0.4 is 21.3 Å². The number of thioether (sulfide) groups is 1. The predicted octanol–water partition coefficient (Wildman–Crippen LogP) is 7.89. The minimum atomic E-state index is -0.684. The van der Waals surface area contributed by atoms with E-state index in [1.807, 2.05) is 6.07 Å². The monoisotopic (exact) mass is 738 g/mol. The molecule has 1 heterocycles. The molecule has 5 aromatic rings. The molecule has 0 atom stereocenters. The van der Waals surface area contributed by atoms with Gasteiger partial charge in [0, 0.05) is 26.9 Å². The Bertz CT molecular complexity index is 2120. The van der Waals surface area contributed by atoms with Crippen molar-refractivity contribution < 1.29 is 28.7 Å². The normalized spacial score (nSPS) is 10.9. The van der Waals surface area contributed by atoms with Crippen LogP contribution in [0.4, 0.5) is 16.4 Å². The summed E-state index contributed by atoms with van der Waals surface area (Å²) in [7, 11) is 1.23. The van der Waals surface area contributed by atoms with Crippen molar-refractivity contribution in [3.63, 3.8) is 0 Å². The number of esters is 1. The van der Waals surface area contributed by atoms with Gasteiger partial charge in [0.15, 0.2) is 0 Å². The SMILES string of the molecule is COC(=O)c1c(NC(=O)CSc2cccc(NC(=O)/C(=C\c3ccccc3Cl)NC(=O)c3ccccc3)c2)sc(C(=O)Nc2ccccc2)c1C. The van der Waals surface area contributed by atoms with Crippen LogP contribution in [0.15, 0.2) is 120 Å². The number of para-hydroxylation sites is 1. The number of benzene rings is 4. The van der Waals surface area contributed by atoms with Crippen molar-refractivity contribution in [2.75, 3.05) is 28.8 Å². The Kier molecular flexibility index (Phi) is 12.4. The number of ether oxygens (including phenoxy) is 1. The van der Waals surface area contributed by atoms with Gasteiger partial charge < -0.3 is 26.0 Å². The highest BCUT2D eigenvalue weighted by molar-refractivity contribution is 8.00. The smallest absolute Gasteiger partial charge is 0.341 e. The lowest BCUT2D eigenvalue weighted by Gasteiger charge is -2.12. The van der Waals surface area contributed by atoms with Gasteiger partial charge in [-0.25, -0.2) is 4.79 Å². The maximum atomic E-state index is 13.5. The zero-order chi connectivity index (χ0) is 36.3.